The van der Waals surface area contributed by atoms with Crippen molar-refractivity contribution >= 4 is 23.7 Å². The number of anilines is 1. The van der Waals surface area contributed by atoms with Gasteiger partial charge in [-0.25, -0.2) is 5.43 Å². The minimum atomic E-state index is -0.357. The van der Waals surface area contributed by atoms with Crippen LogP contribution in [0, 0.1) is 0 Å². The number of hydrogen-bond donors (Lipinski definition) is 2. The van der Waals surface area contributed by atoms with Gasteiger partial charge in [0, 0.05) is 18.2 Å². The van der Waals surface area contributed by atoms with Crippen LogP contribution in [0.2, 0.25) is 0 Å². The summed E-state index contributed by atoms with van der Waals surface area (Å²) >= 11 is 0. The molecule has 0 aromatic heterocycles. The van der Waals surface area contributed by atoms with Gasteiger partial charge >= 0.3 is 0 Å². The Kier molecular flexibility index (Phi) is 6.08. The summed E-state index contributed by atoms with van der Waals surface area (Å²) in [6.07, 6.45) is 1.55. The predicted octanol–water partition coefficient (Wildman–Crippen LogP) is 2.81. The van der Waals surface area contributed by atoms with Gasteiger partial charge in [-0.1, -0.05) is 6.07 Å². The third kappa shape index (κ3) is 5.24. The van der Waals surface area contributed by atoms with Crippen molar-refractivity contribution in [3.8, 4) is 5.75 Å². The number of ether oxygens (including phenoxy) is 1. The van der Waals surface area contributed by atoms with Crippen LogP contribution >= 0.6 is 0 Å². The third-order valence-corrected chi connectivity index (χ3v) is 3.02. The number of carbonyl (C=O) groups excluding carboxylic acids is 2. The molecule has 6 nitrogen and oxygen atoms in total. The van der Waals surface area contributed by atoms with Gasteiger partial charge in [-0.15, -0.1) is 0 Å². The average molecular weight is 325 g/mol. The average Bonchev–Trinajstić information content (AvgIpc) is 2.56. The van der Waals surface area contributed by atoms with E-state index in [1.807, 2.05) is 31.2 Å². The molecule has 2 N–H and O–H groups in total. The lowest BCUT2D eigenvalue weighted by Gasteiger charge is -2.05. The van der Waals surface area contributed by atoms with Crippen LogP contribution in [0.3, 0.4) is 0 Å². The van der Waals surface area contributed by atoms with E-state index in [1.54, 1.807) is 30.5 Å². The third-order valence-electron chi connectivity index (χ3n) is 3.02. The molecule has 0 atom stereocenters. The topological polar surface area (TPSA) is 79.8 Å². The second-order valence-corrected chi connectivity index (χ2v) is 4.96. The Morgan fingerprint density at radius 1 is 1.17 bits per heavy atom. The van der Waals surface area contributed by atoms with E-state index in [1.165, 1.54) is 6.92 Å². The van der Waals surface area contributed by atoms with Crippen LogP contribution in [0.25, 0.3) is 0 Å². The molecule has 0 aliphatic rings. The summed E-state index contributed by atoms with van der Waals surface area (Å²) in [6, 6.07) is 14.0. The van der Waals surface area contributed by atoms with Gasteiger partial charge in [-0.05, 0) is 55.0 Å². The molecule has 24 heavy (non-hydrogen) atoms. The lowest BCUT2D eigenvalue weighted by Crippen LogP contribution is -2.18. The number of nitrogens with one attached hydrogen (secondary N) is 2. The van der Waals surface area contributed by atoms with Crippen molar-refractivity contribution in [2.24, 2.45) is 5.10 Å². The zero-order chi connectivity index (χ0) is 17.4. The minimum Gasteiger partial charge on any atom is -0.494 e. The van der Waals surface area contributed by atoms with Gasteiger partial charge in [0.15, 0.2) is 0 Å². The van der Waals surface area contributed by atoms with Gasteiger partial charge in [0.05, 0.1) is 12.8 Å². The molecule has 2 aromatic rings. The fraction of sp³-hybridized carbons (Fsp3) is 0.167. The number of hydrazone groups is 1. The largest absolute Gasteiger partial charge is 0.494 e. The highest BCUT2D eigenvalue weighted by atomic mass is 16.5. The summed E-state index contributed by atoms with van der Waals surface area (Å²) in [5.41, 5.74) is 4.26. The van der Waals surface area contributed by atoms with Crippen LogP contribution in [-0.2, 0) is 4.79 Å². The molecule has 6 heteroatoms. The van der Waals surface area contributed by atoms with E-state index < -0.39 is 0 Å². The van der Waals surface area contributed by atoms with Crippen molar-refractivity contribution in [2.45, 2.75) is 13.8 Å². The molecule has 0 aliphatic heterocycles. The van der Waals surface area contributed by atoms with E-state index in [-0.39, 0.29) is 11.8 Å². The van der Waals surface area contributed by atoms with E-state index in [9.17, 15) is 9.59 Å². The fourth-order valence-electron chi connectivity index (χ4n) is 1.99. The minimum absolute atomic E-state index is 0.193. The van der Waals surface area contributed by atoms with Gasteiger partial charge in [0.1, 0.15) is 5.75 Å². The van der Waals surface area contributed by atoms with Crippen molar-refractivity contribution < 1.29 is 14.3 Å². The van der Waals surface area contributed by atoms with Crippen molar-refractivity contribution in [3.05, 3.63) is 59.7 Å². The van der Waals surface area contributed by atoms with Crippen LogP contribution < -0.4 is 15.5 Å². The van der Waals surface area contributed by atoms with Gasteiger partial charge in [0.25, 0.3) is 5.91 Å². The number of amides is 2. The van der Waals surface area contributed by atoms with Crippen molar-refractivity contribution in [3.63, 3.8) is 0 Å². The van der Waals surface area contributed by atoms with E-state index >= 15 is 0 Å². The van der Waals surface area contributed by atoms with Crippen LogP contribution in [0.1, 0.15) is 29.8 Å². The first-order valence-corrected chi connectivity index (χ1v) is 7.52. The Balaban J connectivity index is 1.95. The first kappa shape index (κ1) is 17.2. The van der Waals surface area contributed by atoms with Gasteiger partial charge in [-0.3, -0.25) is 9.59 Å². The number of carbonyl (C=O) groups is 2. The van der Waals surface area contributed by atoms with Crippen molar-refractivity contribution in [1.29, 1.82) is 0 Å². The number of nitrogens with zero attached hydrogens (tertiary/aromatic N) is 1. The first-order valence-electron chi connectivity index (χ1n) is 7.52. The second-order valence-electron chi connectivity index (χ2n) is 4.96. The highest BCUT2D eigenvalue weighted by Crippen LogP contribution is 2.11. The van der Waals surface area contributed by atoms with Crippen molar-refractivity contribution in [2.75, 3.05) is 11.9 Å². The lowest BCUT2D eigenvalue weighted by atomic mass is 10.2. The summed E-state index contributed by atoms with van der Waals surface area (Å²) < 4.78 is 5.36. The molecule has 0 fully saturated rings. The number of hydrogen-bond acceptors (Lipinski definition) is 4. The van der Waals surface area contributed by atoms with E-state index in [0.29, 0.717) is 17.9 Å². The molecule has 2 aromatic carbocycles. The first-order chi connectivity index (χ1) is 11.6. The maximum absolute atomic E-state index is 12.1. The molecule has 124 valence electrons. The molecular formula is C18H19N3O3. The Bertz CT molecular complexity index is 739. The Labute approximate surface area is 140 Å². The second kappa shape index (κ2) is 8.47. The Hall–Kier alpha value is -3.15. The maximum Gasteiger partial charge on any atom is 0.271 e. The molecule has 0 saturated carbocycles. The molecule has 0 aliphatic carbocycles. The van der Waals surface area contributed by atoms with Gasteiger partial charge in [-0.2, -0.15) is 5.10 Å². The van der Waals surface area contributed by atoms with E-state index in [0.717, 1.165) is 11.3 Å². The molecule has 0 unspecified atom stereocenters. The van der Waals surface area contributed by atoms with Gasteiger partial charge in [0.2, 0.25) is 5.91 Å². The molecular weight excluding hydrogens is 306 g/mol. The molecule has 0 bridgehead atoms. The zero-order valence-corrected chi connectivity index (χ0v) is 13.6. The summed E-state index contributed by atoms with van der Waals surface area (Å²) in [6.45, 7) is 3.95. The van der Waals surface area contributed by atoms with E-state index in [2.05, 4.69) is 15.8 Å². The van der Waals surface area contributed by atoms with Crippen LogP contribution in [-0.4, -0.2) is 24.6 Å². The summed E-state index contributed by atoms with van der Waals surface area (Å²) in [4.78, 5) is 23.1. The monoisotopic (exact) mass is 325 g/mol. The summed E-state index contributed by atoms with van der Waals surface area (Å²) in [5, 5.41) is 6.56. The highest BCUT2D eigenvalue weighted by Gasteiger charge is 2.05. The molecule has 0 radical (unpaired) electrons. The Morgan fingerprint density at radius 3 is 2.58 bits per heavy atom. The quantitative estimate of drug-likeness (QED) is 0.633. The van der Waals surface area contributed by atoms with Crippen LogP contribution in [0.5, 0.6) is 5.75 Å². The van der Waals surface area contributed by atoms with Crippen LogP contribution in [0.4, 0.5) is 5.69 Å². The van der Waals surface area contributed by atoms with Gasteiger partial charge < -0.3 is 10.1 Å². The molecule has 0 heterocycles. The number of rotatable bonds is 6. The Morgan fingerprint density at radius 2 is 1.92 bits per heavy atom. The predicted molar refractivity (Wildman–Crippen MR) is 93.4 cm³/mol. The van der Waals surface area contributed by atoms with E-state index in [4.69, 9.17) is 4.74 Å². The standard InChI is InChI=1S/C18H19N3O3/c1-3-24-17-9-7-14(8-10-17)12-19-21-18(23)15-5-4-6-16(11-15)20-13(2)22/h4-12H,3H2,1-2H3,(H,20,22)(H,21,23). The maximum atomic E-state index is 12.1. The number of benzene rings is 2. The SMILES string of the molecule is CCOc1ccc(C=NNC(=O)c2cccc(NC(C)=O)c2)cc1. The molecule has 2 rings (SSSR count). The van der Waals surface area contributed by atoms with Crippen LogP contribution in [0.15, 0.2) is 53.6 Å². The zero-order valence-electron chi connectivity index (χ0n) is 13.6. The smallest absolute Gasteiger partial charge is 0.271 e. The fourth-order valence-corrected chi connectivity index (χ4v) is 1.99. The summed E-state index contributed by atoms with van der Waals surface area (Å²) in [7, 11) is 0. The van der Waals surface area contributed by atoms with Crippen molar-refractivity contribution in [1.82, 2.24) is 5.43 Å². The molecule has 0 saturated heterocycles. The molecule has 0 spiro atoms. The summed E-state index contributed by atoms with van der Waals surface area (Å²) in [5.74, 6) is 0.235. The normalized spacial score (nSPS) is 10.4. The lowest BCUT2D eigenvalue weighted by molar-refractivity contribution is -0.114. The highest BCUT2D eigenvalue weighted by molar-refractivity contribution is 5.97. The molecule has 2 amide bonds.